The van der Waals surface area contributed by atoms with E-state index in [1.165, 1.54) is 0 Å². The second kappa shape index (κ2) is 4.35. The van der Waals surface area contributed by atoms with Crippen molar-refractivity contribution in [1.82, 2.24) is 4.98 Å². The normalized spacial score (nSPS) is 11.8. The van der Waals surface area contributed by atoms with Gasteiger partial charge in [0.2, 0.25) is 10.0 Å². The summed E-state index contributed by atoms with van der Waals surface area (Å²) in [5.74, 6) is 0. The molecule has 0 aliphatic heterocycles. The minimum absolute atomic E-state index is 0.119. The summed E-state index contributed by atoms with van der Waals surface area (Å²) in [4.78, 5) is 15.5. The minimum atomic E-state index is -3.41. The lowest BCUT2D eigenvalue weighted by Gasteiger charge is -2.09. The Morgan fingerprint density at radius 1 is 1.00 bits per heavy atom. The first-order chi connectivity index (χ1) is 9.46. The molecule has 0 aliphatic carbocycles. The van der Waals surface area contributed by atoms with Crippen LogP contribution < -0.4 is 10.2 Å². The van der Waals surface area contributed by atoms with E-state index in [2.05, 4.69) is 9.71 Å². The van der Waals surface area contributed by atoms with E-state index in [9.17, 15) is 13.2 Å². The van der Waals surface area contributed by atoms with E-state index in [0.29, 0.717) is 27.5 Å². The van der Waals surface area contributed by atoms with E-state index >= 15 is 0 Å². The maximum absolute atomic E-state index is 12.4. The van der Waals surface area contributed by atoms with Crippen molar-refractivity contribution < 1.29 is 8.42 Å². The first-order valence-corrected chi connectivity index (χ1v) is 7.86. The van der Waals surface area contributed by atoms with Crippen LogP contribution in [0.5, 0.6) is 0 Å². The van der Waals surface area contributed by atoms with Gasteiger partial charge in [0, 0.05) is 16.3 Å². The van der Waals surface area contributed by atoms with Crippen LogP contribution in [0.25, 0.3) is 21.8 Å². The maximum Gasteiger partial charge on any atom is 0.229 e. The van der Waals surface area contributed by atoms with Crippen molar-refractivity contribution in [3.63, 3.8) is 0 Å². The predicted octanol–water partition coefficient (Wildman–Crippen LogP) is 2.05. The molecule has 1 heterocycles. The first kappa shape index (κ1) is 12.7. The average Bonchev–Trinajstić information content (AvgIpc) is 2.39. The van der Waals surface area contributed by atoms with Gasteiger partial charge in [0.1, 0.15) is 0 Å². The molecule has 3 rings (SSSR count). The lowest BCUT2D eigenvalue weighted by Crippen LogP contribution is -2.12. The van der Waals surface area contributed by atoms with E-state index in [0.717, 1.165) is 6.26 Å². The van der Waals surface area contributed by atoms with Gasteiger partial charge in [-0.3, -0.25) is 9.52 Å². The zero-order chi connectivity index (χ0) is 14.3. The van der Waals surface area contributed by atoms with Gasteiger partial charge >= 0.3 is 0 Å². The van der Waals surface area contributed by atoms with Gasteiger partial charge in [-0.25, -0.2) is 8.42 Å². The van der Waals surface area contributed by atoms with Crippen LogP contribution >= 0.6 is 0 Å². The fourth-order valence-corrected chi connectivity index (χ4v) is 2.80. The molecule has 2 N–H and O–H groups in total. The quantitative estimate of drug-likeness (QED) is 0.708. The Morgan fingerprint density at radius 2 is 1.70 bits per heavy atom. The summed E-state index contributed by atoms with van der Waals surface area (Å²) in [6, 6.07) is 12.1. The summed E-state index contributed by atoms with van der Waals surface area (Å²) in [5, 5.41) is 1.04. The Kier molecular flexibility index (Phi) is 2.76. The Hall–Kier alpha value is -2.34. The third-order valence-electron chi connectivity index (χ3n) is 3.04. The van der Waals surface area contributed by atoms with Crippen LogP contribution in [0, 0.1) is 0 Å². The van der Waals surface area contributed by atoms with E-state index in [4.69, 9.17) is 0 Å². The molecule has 102 valence electrons. The van der Waals surface area contributed by atoms with E-state index in [1.807, 2.05) is 6.07 Å². The molecular weight excluding hydrogens is 276 g/mol. The summed E-state index contributed by atoms with van der Waals surface area (Å²) < 4.78 is 25.2. The molecule has 0 radical (unpaired) electrons. The largest absolute Gasteiger partial charge is 0.353 e. The molecule has 0 fully saturated rings. The van der Waals surface area contributed by atoms with Crippen molar-refractivity contribution in [1.29, 1.82) is 0 Å². The van der Waals surface area contributed by atoms with Gasteiger partial charge in [0.25, 0.3) is 0 Å². The van der Waals surface area contributed by atoms with Crippen molar-refractivity contribution in [2.45, 2.75) is 0 Å². The molecule has 20 heavy (non-hydrogen) atoms. The first-order valence-electron chi connectivity index (χ1n) is 5.97. The monoisotopic (exact) mass is 288 g/mol. The highest BCUT2D eigenvalue weighted by atomic mass is 32.2. The lowest BCUT2D eigenvalue weighted by molar-refractivity contribution is 0.607. The lowest BCUT2D eigenvalue weighted by atomic mass is 10.1. The molecule has 6 heteroatoms. The van der Waals surface area contributed by atoms with Crippen molar-refractivity contribution in [3.05, 3.63) is 52.7 Å². The Balaban J connectivity index is 2.43. The number of anilines is 1. The van der Waals surface area contributed by atoms with Crippen molar-refractivity contribution in [3.8, 4) is 0 Å². The second-order valence-corrected chi connectivity index (χ2v) is 6.35. The molecule has 0 atom stereocenters. The number of sulfonamides is 1. The van der Waals surface area contributed by atoms with Crippen LogP contribution in [-0.2, 0) is 10.0 Å². The molecule has 0 spiro atoms. The van der Waals surface area contributed by atoms with Gasteiger partial charge in [0.05, 0.1) is 17.5 Å². The summed E-state index contributed by atoms with van der Waals surface area (Å²) in [5.41, 5.74) is 1.41. The number of hydrogen-bond acceptors (Lipinski definition) is 3. The summed E-state index contributed by atoms with van der Waals surface area (Å²) >= 11 is 0. The fourth-order valence-electron chi connectivity index (χ4n) is 2.23. The average molecular weight is 288 g/mol. The third kappa shape index (κ3) is 2.14. The number of aromatic amines is 1. The van der Waals surface area contributed by atoms with Crippen LogP contribution in [0.3, 0.4) is 0 Å². The van der Waals surface area contributed by atoms with Crippen molar-refractivity contribution in [2.24, 2.45) is 0 Å². The molecule has 3 aromatic rings. The number of H-pyrrole nitrogens is 1. The smallest absolute Gasteiger partial charge is 0.229 e. The number of hydrogen-bond donors (Lipinski definition) is 2. The van der Waals surface area contributed by atoms with Gasteiger partial charge in [-0.2, -0.15) is 0 Å². The van der Waals surface area contributed by atoms with Crippen LogP contribution in [0.2, 0.25) is 0 Å². The van der Waals surface area contributed by atoms with E-state index in [-0.39, 0.29) is 5.43 Å². The zero-order valence-corrected chi connectivity index (χ0v) is 11.5. The molecule has 0 bridgehead atoms. The van der Waals surface area contributed by atoms with Gasteiger partial charge in [-0.05, 0) is 24.3 Å². The number of rotatable bonds is 2. The SMILES string of the molecule is CS(=O)(=O)Nc1cccc2c(=O)c3ccccc3[nH]c12. The van der Waals surface area contributed by atoms with Gasteiger partial charge in [0.15, 0.2) is 5.43 Å². The topological polar surface area (TPSA) is 79.0 Å². The number of pyridine rings is 1. The molecule has 0 saturated carbocycles. The van der Waals surface area contributed by atoms with Gasteiger partial charge < -0.3 is 4.98 Å². The molecule has 0 saturated heterocycles. The number of para-hydroxylation sites is 2. The third-order valence-corrected chi connectivity index (χ3v) is 3.63. The number of benzene rings is 2. The molecular formula is C14H12N2O3S. The highest BCUT2D eigenvalue weighted by Gasteiger charge is 2.10. The molecule has 0 aliphatic rings. The van der Waals surface area contributed by atoms with Crippen molar-refractivity contribution >= 4 is 37.5 Å². The molecule has 5 nitrogen and oxygen atoms in total. The van der Waals surface area contributed by atoms with Crippen LogP contribution in [0.4, 0.5) is 5.69 Å². The van der Waals surface area contributed by atoms with E-state index < -0.39 is 10.0 Å². The summed E-state index contributed by atoms with van der Waals surface area (Å²) in [6.45, 7) is 0. The Bertz CT molecular complexity index is 975. The summed E-state index contributed by atoms with van der Waals surface area (Å²) in [6.07, 6.45) is 1.07. The van der Waals surface area contributed by atoms with Gasteiger partial charge in [-0.15, -0.1) is 0 Å². The van der Waals surface area contributed by atoms with E-state index in [1.54, 1.807) is 36.4 Å². The van der Waals surface area contributed by atoms with Gasteiger partial charge in [-0.1, -0.05) is 18.2 Å². The number of nitrogens with one attached hydrogen (secondary N) is 2. The fraction of sp³-hybridized carbons (Fsp3) is 0.0714. The van der Waals surface area contributed by atoms with Crippen LogP contribution in [-0.4, -0.2) is 19.7 Å². The standard InChI is InChI=1S/C14H12N2O3S/c1-20(18,19)16-12-8-4-6-10-13(12)15-11-7-3-2-5-9(11)14(10)17/h2-8,16H,1H3,(H,15,17). The Morgan fingerprint density at radius 3 is 2.45 bits per heavy atom. The molecule has 1 aromatic heterocycles. The highest BCUT2D eigenvalue weighted by Crippen LogP contribution is 2.22. The molecule has 0 unspecified atom stereocenters. The van der Waals surface area contributed by atoms with Crippen molar-refractivity contribution in [2.75, 3.05) is 11.0 Å². The number of fused-ring (bicyclic) bond motifs is 2. The Labute approximate surface area is 115 Å². The highest BCUT2D eigenvalue weighted by molar-refractivity contribution is 7.92. The van der Waals surface area contributed by atoms with Crippen LogP contribution in [0.15, 0.2) is 47.3 Å². The molecule has 0 amide bonds. The molecule has 2 aromatic carbocycles. The maximum atomic E-state index is 12.4. The second-order valence-electron chi connectivity index (χ2n) is 4.60. The summed E-state index contributed by atoms with van der Waals surface area (Å²) in [7, 11) is -3.41. The van der Waals surface area contributed by atoms with Crippen LogP contribution in [0.1, 0.15) is 0 Å². The minimum Gasteiger partial charge on any atom is -0.353 e. The predicted molar refractivity (Wildman–Crippen MR) is 80.5 cm³/mol. The number of aromatic nitrogens is 1. The zero-order valence-electron chi connectivity index (χ0n) is 10.7.